The van der Waals surface area contributed by atoms with E-state index in [0.29, 0.717) is 24.5 Å². The van der Waals surface area contributed by atoms with E-state index in [1.165, 1.54) is 18.4 Å². The zero-order valence-electron chi connectivity index (χ0n) is 21.0. The van der Waals surface area contributed by atoms with E-state index < -0.39 is 0 Å². The van der Waals surface area contributed by atoms with Crippen LogP contribution in [-0.2, 0) is 9.53 Å². The van der Waals surface area contributed by atoms with Gasteiger partial charge in [-0.05, 0) is 65.3 Å². The molecule has 0 spiro atoms. The van der Waals surface area contributed by atoms with Crippen LogP contribution in [0.15, 0.2) is 29.2 Å². The molecule has 2 fully saturated rings. The topological polar surface area (TPSA) is 81.1 Å². The van der Waals surface area contributed by atoms with Gasteiger partial charge in [-0.15, -0.1) is 11.8 Å². The van der Waals surface area contributed by atoms with Gasteiger partial charge in [0.25, 0.3) is 0 Å². The summed E-state index contributed by atoms with van der Waals surface area (Å²) in [5.41, 5.74) is 4.70. The molecule has 1 aliphatic heterocycles. The van der Waals surface area contributed by atoms with Gasteiger partial charge >= 0.3 is 0 Å². The number of rotatable bonds is 7. The number of benzene rings is 1. The van der Waals surface area contributed by atoms with Crippen molar-refractivity contribution in [3.63, 3.8) is 0 Å². The maximum absolute atomic E-state index is 11.0. The second kappa shape index (κ2) is 13.8. The second-order valence-corrected chi connectivity index (χ2v) is 11.3. The van der Waals surface area contributed by atoms with Crippen molar-refractivity contribution in [2.75, 3.05) is 30.1 Å². The molecule has 35 heavy (non-hydrogen) atoms. The van der Waals surface area contributed by atoms with Gasteiger partial charge in [-0.25, -0.2) is 9.97 Å². The lowest BCUT2D eigenvalue weighted by Crippen LogP contribution is -2.02. The average Bonchev–Trinajstić information content (AvgIpc) is 3.33. The fraction of sp³-hybridized carbons (Fsp3) is 0.480. The summed E-state index contributed by atoms with van der Waals surface area (Å²) in [7, 11) is 0. The number of carbonyl (C=O) groups excluding carboxylic acids is 1. The molecule has 0 radical (unpaired) electrons. The molecule has 1 aliphatic carbocycles. The highest BCUT2D eigenvalue weighted by molar-refractivity contribution is 14.2. The first-order chi connectivity index (χ1) is 17.0. The SMILES string of the molecule is CC.CC1CC1.CSc1cc(C2CCOC2)ccc1Nc1cc(NC=O)nc2c1nc(C)n2PI. The number of fused-ring (bicyclic) bond motifs is 1. The van der Waals surface area contributed by atoms with Crippen LogP contribution in [0.1, 0.15) is 57.3 Å². The van der Waals surface area contributed by atoms with E-state index >= 15 is 0 Å². The van der Waals surface area contributed by atoms with Crippen LogP contribution in [0.2, 0.25) is 0 Å². The molecule has 2 aliphatic rings. The molecule has 1 aromatic carbocycles. The monoisotopic (exact) mass is 627 g/mol. The molecular weight excluding hydrogens is 592 g/mol. The number of pyridine rings is 1. The molecule has 2 aromatic heterocycles. The summed E-state index contributed by atoms with van der Waals surface area (Å²) in [6.45, 7) is 9.87. The summed E-state index contributed by atoms with van der Waals surface area (Å²) in [4.78, 5) is 21.4. The van der Waals surface area contributed by atoms with E-state index in [0.717, 1.165) is 58.8 Å². The summed E-state index contributed by atoms with van der Waals surface area (Å²) in [5.74, 6) is 2.94. The number of thioether (sulfide) groups is 1. The quantitative estimate of drug-likeness (QED) is 0.122. The number of imidazole rings is 1. The van der Waals surface area contributed by atoms with Crippen molar-refractivity contribution < 1.29 is 9.53 Å². The number of aromatic nitrogens is 3. The number of hydrogen-bond donors (Lipinski definition) is 2. The molecule has 3 heterocycles. The Morgan fingerprint density at radius 1 is 1.20 bits per heavy atom. The van der Waals surface area contributed by atoms with Crippen LogP contribution in [0.5, 0.6) is 0 Å². The summed E-state index contributed by atoms with van der Waals surface area (Å²) >= 11 is 4.02. The Kier molecular flexibility index (Phi) is 11.1. The van der Waals surface area contributed by atoms with Gasteiger partial charge in [-0.1, -0.05) is 39.7 Å². The maximum Gasteiger partial charge on any atom is 0.212 e. The molecule has 1 saturated carbocycles. The minimum atomic E-state index is 0.467. The Balaban J connectivity index is 0.000000508. The predicted octanol–water partition coefficient (Wildman–Crippen LogP) is 7.51. The first kappa shape index (κ1) is 28.2. The van der Waals surface area contributed by atoms with Crippen molar-refractivity contribution in [1.29, 1.82) is 0 Å². The van der Waals surface area contributed by atoms with Crippen LogP contribution in [0.4, 0.5) is 17.2 Å². The Morgan fingerprint density at radius 3 is 2.51 bits per heavy atom. The van der Waals surface area contributed by atoms with E-state index in [-0.39, 0.29) is 0 Å². The van der Waals surface area contributed by atoms with E-state index in [4.69, 9.17) is 9.72 Å². The minimum Gasteiger partial charge on any atom is -0.381 e. The molecule has 10 heteroatoms. The molecule has 3 aromatic rings. The maximum atomic E-state index is 11.0. The fourth-order valence-corrected chi connectivity index (χ4v) is 6.39. The van der Waals surface area contributed by atoms with Gasteiger partial charge in [0, 0.05) is 23.5 Å². The largest absolute Gasteiger partial charge is 0.381 e. The number of hydrogen-bond acceptors (Lipinski definition) is 6. The molecule has 2 N–H and O–H groups in total. The number of aryl methyl sites for hydroxylation is 1. The van der Waals surface area contributed by atoms with E-state index in [1.807, 2.05) is 26.8 Å². The third-order valence-electron chi connectivity index (χ3n) is 5.84. The van der Waals surface area contributed by atoms with Crippen LogP contribution < -0.4 is 10.6 Å². The summed E-state index contributed by atoms with van der Waals surface area (Å²) in [5, 5.41) is 6.19. The zero-order chi connectivity index (χ0) is 25.4. The van der Waals surface area contributed by atoms with Gasteiger partial charge in [0.15, 0.2) is 5.65 Å². The number of ether oxygens (including phenoxy) is 1. The van der Waals surface area contributed by atoms with Gasteiger partial charge in [-0.3, -0.25) is 9.13 Å². The Morgan fingerprint density at radius 2 is 1.94 bits per heavy atom. The number of carbonyl (C=O) groups is 1. The van der Waals surface area contributed by atoms with Gasteiger partial charge in [-0.2, -0.15) is 0 Å². The highest BCUT2D eigenvalue weighted by Crippen LogP contribution is 2.38. The third kappa shape index (κ3) is 7.31. The molecule has 5 rings (SSSR count). The lowest BCUT2D eigenvalue weighted by Gasteiger charge is -2.15. The van der Waals surface area contributed by atoms with Crippen molar-refractivity contribution in [2.45, 2.75) is 57.8 Å². The van der Waals surface area contributed by atoms with E-state index in [1.54, 1.807) is 11.8 Å². The lowest BCUT2D eigenvalue weighted by atomic mass is 9.98. The van der Waals surface area contributed by atoms with Crippen LogP contribution in [0, 0.1) is 12.8 Å². The molecular formula is C25H35IN5O2PS. The minimum absolute atomic E-state index is 0.467. The Bertz CT molecular complexity index is 1130. The summed E-state index contributed by atoms with van der Waals surface area (Å²) in [6, 6.07) is 8.35. The molecule has 0 bridgehead atoms. The number of nitrogens with zero attached hydrogens (tertiary/aromatic N) is 3. The molecule has 7 nitrogen and oxygen atoms in total. The van der Waals surface area contributed by atoms with Crippen LogP contribution in [0.25, 0.3) is 11.2 Å². The van der Waals surface area contributed by atoms with Crippen molar-refractivity contribution in [3.05, 3.63) is 35.7 Å². The van der Waals surface area contributed by atoms with Crippen molar-refractivity contribution in [3.8, 4) is 0 Å². The van der Waals surface area contributed by atoms with Gasteiger partial charge in [0.05, 0.1) is 24.4 Å². The third-order valence-corrected chi connectivity index (χ3v) is 8.77. The first-order valence-electron chi connectivity index (χ1n) is 12.0. The predicted molar refractivity (Wildman–Crippen MR) is 159 cm³/mol. The summed E-state index contributed by atoms with van der Waals surface area (Å²) < 4.78 is 7.60. The fourth-order valence-electron chi connectivity index (χ4n) is 3.66. The van der Waals surface area contributed by atoms with Gasteiger partial charge in [0.2, 0.25) is 6.41 Å². The van der Waals surface area contributed by atoms with Crippen LogP contribution in [0.3, 0.4) is 0 Å². The number of halogens is 1. The smallest absolute Gasteiger partial charge is 0.212 e. The molecule has 2 unspecified atom stereocenters. The van der Waals surface area contributed by atoms with Crippen molar-refractivity contribution in [1.82, 2.24) is 14.3 Å². The highest BCUT2D eigenvalue weighted by Gasteiger charge is 2.20. The second-order valence-electron chi connectivity index (χ2n) is 8.40. The average molecular weight is 628 g/mol. The van der Waals surface area contributed by atoms with Crippen molar-refractivity contribution in [2.24, 2.45) is 5.92 Å². The zero-order valence-corrected chi connectivity index (χ0v) is 25.0. The Labute approximate surface area is 227 Å². The molecule has 1 amide bonds. The molecule has 190 valence electrons. The van der Waals surface area contributed by atoms with Crippen molar-refractivity contribution >= 4 is 74.9 Å². The normalized spacial score (nSPS) is 17.0. The van der Waals surface area contributed by atoms with Gasteiger partial charge < -0.3 is 15.4 Å². The number of amides is 1. The van der Waals surface area contributed by atoms with Gasteiger partial charge in [0.1, 0.15) is 17.2 Å². The molecule has 1 saturated heterocycles. The number of nitrogens with one attached hydrogen (secondary N) is 2. The standard InChI is InChI=1S/C19H21IN5O2PS.C4H8.C2H6/c1-11-22-18-15(8-17(21-10-26)24-19(18)25(11)28-20)23-14-4-3-12(7-16(14)29-2)13-5-6-27-9-13;1-4-2-3-4;1-2/h3-4,7-8,10,13,28H,5-6,9H2,1-2H3,(H2,21,23,24,26);4H,2-3H2,1H3;1-2H3. The van der Waals surface area contributed by atoms with Crippen LogP contribution >= 0.6 is 40.2 Å². The van der Waals surface area contributed by atoms with E-state index in [9.17, 15) is 4.79 Å². The Hall–Kier alpha value is -1.42. The first-order valence-corrected chi connectivity index (χ1v) is 17.3. The lowest BCUT2D eigenvalue weighted by molar-refractivity contribution is -0.105. The number of anilines is 3. The van der Waals surface area contributed by atoms with Crippen LogP contribution in [-0.4, -0.2) is 40.2 Å². The summed E-state index contributed by atoms with van der Waals surface area (Å²) in [6.07, 6.45) is 7.23. The van der Waals surface area contributed by atoms with E-state index in [2.05, 4.69) is 73.4 Å². The highest BCUT2D eigenvalue weighted by atomic mass is 127. The molecule has 2 atom stereocenters.